The van der Waals surface area contributed by atoms with Crippen molar-refractivity contribution in [2.75, 3.05) is 0 Å². The number of fused-ring (bicyclic) bond motifs is 1. The molecule has 27 heavy (non-hydrogen) atoms. The van der Waals surface area contributed by atoms with Gasteiger partial charge in [0.25, 0.3) is 0 Å². The zero-order chi connectivity index (χ0) is 19.1. The van der Waals surface area contributed by atoms with Crippen LogP contribution in [-0.4, -0.2) is 0 Å². The van der Waals surface area contributed by atoms with Crippen molar-refractivity contribution in [3.63, 3.8) is 0 Å². The number of hydrogen-bond donors (Lipinski definition) is 0. The van der Waals surface area contributed by atoms with Crippen molar-refractivity contribution < 1.29 is 0 Å². The summed E-state index contributed by atoms with van der Waals surface area (Å²) in [5, 5.41) is 10.6. The lowest BCUT2D eigenvalue weighted by Crippen LogP contribution is -2.29. The van der Waals surface area contributed by atoms with Crippen LogP contribution in [-0.2, 0) is 5.41 Å². The Morgan fingerprint density at radius 2 is 1.22 bits per heavy atom. The van der Waals surface area contributed by atoms with Gasteiger partial charge < -0.3 is 0 Å². The molecule has 1 aliphatic carbocycles. The van der Waals surface area contributed by atoms with E-state index in [-0.39, 0.29) is 0 Å². The van der Waals surface area contributed by atoms with E-state index >= 15 is 0 Å². The number of benzene rings is 2. The topological polar surface area (TPSA) is 23.8 Å². The molecular weight excluding hydrogens is 326 g/mol. The molecule has 1 nitrogen and oxygen atoms in total. The first kappa shape index (κ1) is 19.2. The third-order valence-corrected chi connectivity index (χ3v) is 5.59. The van der Waals surface area contributed by atoms with Crippen molar-refractivity contribution in [1.82, 2.24) is 0 Å². The smallest absolute Gasteiger partial charge is 0.125 e. The Morgan fingerprint density at radius 3 is 1.67 bits per heavy atom. The number of nitriles is 1. The SMILES string of the molecule is CCCCC1=Cc2ccccc2C=C(CCCC)C1(C#N)c1ccccc1. The van der Waals surface area contributed by atoms with E-state index in [1.54, 1.807) is 0 Å². The van der Waals surface area contributed by atoms with E-state index in [1.165, 1.54) is 22.3 Å². The minimum Gasteiger partial charge on any atom is -0.197 e. The lowest BCUT2D eigenvalue weighted by molar-refractivity contribution is 0.635. The molecule has 0 atom stereocenters. The van der Waals surface area contributed by atoms with E-state index in [0.29, 0.717) is 0 Å². The van der Waals surface area contributed by atoms with Gasteiger partial charge >= 0.3 is 0 Å². The van der Waals surface area contributed by atoms with Crippen LogP contribution in [0.3, 0.4) is 0 Å². The Balaban J connectivity index is 2.28. The summed E-state index contributed by atoms with van der Waals surface area (Å²) in [6, 6.07) is 21.7. The molecule has 0 N–H and O–H groups in total. The van der Waals surface area contributed by atoms with Crippen LogP contribution in [0.2, 0.25) is 0 Å². The number of allylic oxidation sites excluding steroid dienone is 2. The molecule has 0 spiro atoms. The molecule has 2 aromatic carbocycles. The molecule has 0 saturated heterocycles. The molecule has 0 aliphatic heterocycles. The maximum absolute atomic E-state index is 10.6. The second-order valence-electron chi connectivity index (χ2n) is 7.40. The van der Waals surface area contributed by atoms with Crippen molar-refractivity contribution in [3.8, 4) is 6.07 Å². The van der Waals surface area contributed by atoms with Crippen molar-refractivity contribution in [2.24, 2.45) is 0 Å². The molecule has 3 rings (SSSR count). The predicted octanol–water partition coefficient (Wildman–Crippen LogP) is 7.31. The van der Waals surface area contributed by atoms with Gasteiger partial charge in [0.1, 0.15) is 5.41 Å². The quantitative estimate of drug-likeness (QED) is 0.511. The lowest BCUT2D eigenvalue weighted by atomic mass is 9.67. The van der Waals surface area contributed by atoms with Crippen LogP contribution < -0.4 is 0 Å². The lowest BCUT2D eigenvalue weighted by Gasteiger charge is -2.33. The number of hydrogen-bond acceptors (Lipinski definition) is 1. The zero-order valence-corrected chi connectivity index (χ0v) is 16.5. The summed E-state index contributed by atoms with van der Waals surface area (Å²) in [5.41, 5.74) is 5.38. The summed E-state index contributed by atoms with van der Waals surface area (Å²) >= 11 is 0. The highest BCUT2D eigenvalue weighted by Gasteiger charge is 2.40. The average Bonchev–Trinajstić information content (AvgIpc) is 2.85. The van der Waals surface area contributed by atoms with Crippen molar-refractivity contribution in [2.45, 2.75) is 57.8 Å². The molecule has 1 heteroatoms. The molecule has 0 aromatic heterocycles. The van der Waals surface area contributed by atoms with E-state index in [4.69, 9.17) is 0 Å². The highest BCUT2D eigenvalue weighted by atomic mass is 14.4. The van der Waals surface area contributed by atoms with Gasteiger partial charge in [-0.25, -0.2) is 0 Å². The fraction of sp³-hybridized carbons (Fsp3) is 0.346. The summed E-state index contributed by atoms with van der Waals surface area (Å²) in [4.78, 5) is 0. The zero-order valence-electron chi connectivity index (χ0n) is 16.5. The monoisotopic (exact) mass is 355 g/mol. The largest absolute Gasteiger partial charge is 0.197 e. The Kier molecular flexibility index (Phi) is 6.30. The van der Waals surface area contributed by atoms with Gasteiger partial charge in [-0.2, -0.15) is 5.26 Å². The number of unbranched alkanes of at least 4 members (excludes halogenated alkanes) is 2. The third-order valence-electron chi connectivity index (χ3n) is 5.59. The van der Waals surface area contributed by atoms with Gasteiger partial charge in [-0.15, -0.1) is 0 Å². The molecule has 138 valence electrons. The Bertz CT molecular complexity index is 820. The molecule has 1 aliphatic rings. The third kappa shape index (κ3) is 3.76. The number of nitrogens with zero attached hydrogens (tertiary/aromatic N) is 1. The van der Waals surface area contributed by atoms with Crippen molar-refractivity contribution >= 4 is 12.2 Å². The Labute approximate surface area is 164 Å². The van der Waals surface area contributed by atoms with Crippen LogP contribution in [0.15, 0.2) is 65.7 Å². The van der Waals surface area contributed by atoms with E-state index in [2.05, 4.69) is 80.6 Å². The van der Waals surface area contributed by atoms with Crippen LogP contribution in [0.5, 0.6) is 0 Å². The van der Waals surface area contributed by atoms with Crippen LogP contribution in [0.4, 0.5) is 0 Å². The second kappa shape index (κ2) is 8.87. The normalized spacial score (nSPS) is 15.1. The first-order valence-corrected chi connectivity index (χ1v) is 10.2. The minimum absolute atomic E-state index is 0.662. The van der Waals surface area contributed by atoms with Crippen LogP contribution in [0.1, 0.15) is 69.1 Å². The highest BCUT2D eigenvalue weighted by molar-refractivity contribution is 5.77. The van der Waals surface area contributed by atoms with Crippen LogP contribution in [0.25, 0.3) is 12.2 Å². The Morgan fingerprint density at radius 1 is 0.741 bits per heavy atom. The molecule has 2 aromatic rings. The molecule has 0 saturated carbocycles. The summed E-state index contributed by atoms with van der Waals surface area (Å²) in [6.45, 7) is 4.44. The fourth-order valence-electron chi connectivity index (χ4n) is 4.09. The summed E-state index contributed by atoms with van der Waals surface area (Å²) in [6.07, 6.45) is 10.9. The summed E-state index contributed by atoms with van der Waals surface area (Å²) < 4.78 is 0. The fourth-order valence-corrected chi connectivity index (χ4v) is 4.09. The molecule has 0 radical (unpaired) electrons. The van der Waals surface area contributed by atoms with Gasteiger partial charge in [0.2, 0.25) is 0 Å². The van der Waals surface area contributed by atoms with Crippen LogP contribution in [0, 0.1) is 11.3 Å². The van der Waals surface area contributed by atoms with E-state index in [0.717, 1.165) is 44.1 Å². The van der Waals surface area contributed by atoms with Gasteiger partial charge in [0.15, 0.2) is 0 Å². The molecular formula is C26H29N. The number of rotatable bonds is 7. The maximum atomic E-state index is 10.6. The summed E-state index contributed by atoms with van der Waals surface area (Å²) in [5.74, 6) is 0. The van der Waals surface area contributed by atoms with E-state index < -0.39 is 5.41 Å². The highest BCUT2D eigenvalue weighted by Crippen LogP contribution is 2.46. The van der Waals surface area contributed by atoms with Crippen molar-refractivity contribution in [1.29, 1.82) is 5.26 Å². The maximum Gasteiger partial charge on any atom is 0.125 e. The molecule has 0 heterocycles. The van der Waals surface area contributed by atoms with Gasteiger partial charge in [-0.3, -0.25) is 0 Å². The second-order valence-corrected chi connectivity index (χ2v) is 7.40. The summed E-state index contributed by atoms with van der Waals surface area (Å²) in [7, 11) is 0. The van der Waals surface area contributed by atoms with E-state index in [9.17, 15) is 5.26 Å². The first-order chi connectivity index (χ1) is 13.3. The van der Waals surface area contributed by atoms with E-state index in [1.807, 2.05) is 6.07 Å². The minimum atomic E-state index is -0.662. The van der Waals surface area contributed by atoms with Gasteiger partial charge in [-0.1, -0.05) is 93.4 Å². The molecule has 0 amide bonds. The van der Waals surface area contributed by atoms with Gasteiger partial charge in [0.05, 0.1) is 6.07 Å². The van der Waals surface area contributed by atoms with Gasteiger partial charge in [0, 0.05) is 0 Å². The molecule has 0 fully saturated rings. The standard InChI is InChI=1S/C26H29N/c1-3-5-14-24-18-21-12-10-11-13-22(21)19-25(15-6-4-2)26(24,20-27)23-16-8-7-9-17-23/h7-13,16-19H,3-6,14-15H2,1-2H3. The van der Waals surface area contributed by atoms with Gasteiger partial charge in [-0.05, 0) is 53.5 Å². The first-order valence-electron chi connectivity index (χ1n) is 10.2. The Hall–Kier alpha value is -2.59. The van der Waals surface area contributed by atoms with Crippen molar-refractivity contribution in [3.05, 3.63) is 82.4 Å². The average molecular weight is 356 g/mol. The van der Waals surface area contributed by atoms with Crippen LogP contribution >= 0.6 is 0 Å². The molecule has 0 bridgehead atoms. The molecule has 0 unspecified atom stereocenters. The predicted molar refractivity (Wildman–Crippen MR) is 115 cm³/mol.